The van der Waals surface area contributed by atoms with Crippen LogP contribution >= 0.6 is 0 Å². The molecular weight excluding hydrogens is 448 g/mol. The minimum atomic E-state index is -1.29. The largest absolute Gasteiger partial charge is 0.383 e. The van der Waals surface area contributed by atoms with Crippen molar-refractivity contribution in [2.75, 3.05) is 20.0 Å². The second-order valence-corrected chi connectivity index (χ2v) is 7.41. The van der Waals surface area contributed by atoms with E-state index >= 15 is 0 Å². The van der Waals surface area contributed by atoms with E-state index in [9.17, 15) is 23.2 Å². The summed E-state index contributed by atoms with van der Waals surface area (Å²) in [6, 6.07) is 1.46. The molecule has 6 unspecified atom stereocenters. The third-order valence-corrected chi connectivity index (χ3v) is 5.11. The number of alkyl halides is 2. The van der Waals surface area contributed by atoms with E-state index in [1.165, 1.54) is 41.8 Å². The van der Waals surface area contributed by atoms with Gasteiger partial charge in [-0.2, -0.15) is 4.98 Å². The van der Waals surface area contributed by atoms with Crippen molar-refractivity contribution in [3.63, 3.8) is 0 Å². The van der Waals surface area contributed by atoms with Gasteiger partial charge in [0.25, 0.3) is 5.56 Å². The van der Waals surface area contributed by atoms with Crippen LogP contribution < -0.4 is 22.7 Å². The number of nitrogen functional groups attached to an aromatic ring is 1. The first kappa shape index (κ1) is 24.7. The monoisotopic (exact) mass is 473 g/mol. The second-order valence-electron chi connectivity index (χ2n) is 7.41. The molecule has 0 spiro atoms. The Balaban J connectivity index is 0.000000186. The number of anilines is 1. The quantitative estimate of drug-likeness (QED) is 0.631. The van der Waals surface area contributed by atoms with Gasteiger partial charge >= 0.3 is 11.4 Å². The number of rotatable bonds is 4. The number of ether oxygens (including phenoxy) is 4. The van der Waals surface area contributed by atoms with Gasteiger partial charge in [0.15, 0.2) is 24.9 Å². The number of nitrogens with one attached hydrogen (secondary N) is 1. The number of H-pyrrole nitrogens is 1. The number of nitrogens with zero attached hydrogens (tertiary/aromatic N) is 3. The molecule has 0 bridgehead atoms. The molecule has 0 saturated carbocycles. The second kappa shape index (κ2) is 10.3. The normalized spacial score (nSPS) is 29.0. The Labute approximate surface area is 185 Å². The predicted molar refractivity (Wildman–Crippen MR) is 110 cm³/mol. The summed E-state index contributed by atoms with van der Waals surface area (Å²) in [7, 11) is 2.68. The minimum Gasteiger partial charge on any atom is -0.383 e. The van der Waals surface area contributed by atoms with Gasteiger partial charge in [-0.25, -0.2) is 18.4 Å². The minimum absolute atomic E-state index is 0.0178. The lowest BCUT2D eigenvalue weighted by Gasteiger charge is -2.14. The van der Waals surface area contributed by atoms with Crippen LogP contribution in [0.4, 0.5) is 14.6 Å². The molecule has 0 aromatic carbocycles. The summed E-state index contributed by atoms with van der Waals surface area (Å²) in [4.78, 5) is 39.9. The van der Waals surface area contributed by atoms with Crippen molar-refractivity contribution >= 4 is 5.82 Å². The first-order valence-corrected chi connectivity index (χ1v) is 9.96. The molecule has 2 aliphatic heterocycles. The van der Waals surface area contributed by atoms with Crippen LogP contribution in [0.5, 0.6) is 0 Å². The van der Waals surface area contributed by atoms with E-state index < -0.39 is 54.3 Å². The summed E-state index contributed by atoms with van der Waals surface area (Å²) in [5, 5.41) is 0. The molecule has 3 N–H and O–H groups in total. The highest BCUT2D eigenvalue weighted by Gasteiger charge is 2.38. The lowest BCUT2D eigenvalue weighted by molar-refractivity contribution is -0.150. The van der Waals surface area contributed by atoms with Gasteiger partial charge in [-0.15, -0.1) is 0 Å². The van der Waals surface area contributed by atoms with Crippen molar-refractivity contribution in [1.82, 2.24) is 19.1 Å². The first-order chi connectivity index (χ1) is 15.6. The molecule has 0 radical (unpaired) electrons. The van der Waals surface area contributed by atoms with Crippen molar-refractivity contribution in [2.24, 2.45) is 0 Å². The Morgan fingerprint density at radius 1 is 1.06 bits per heavy atom. The average Bonchev–Trinajstić information content (AvgIpc) is 3.32. The van der Waals surface area contributed by atoms with Crippen molar-refractivity contribution in [2.45, 2.75) is 57.1 Å². The zero-order valence-corrected chi connectivity index (χ0v) is 18.1. The average molecular weight is 473 g/mol. The highest BCUT2D eigenvalue weighted by atomic mass is 19.1. The van der Waals surface area contributed by atoms with Crippen LogP contribution in [0.3, 0.4) is 0 Å². The lowest BCUT2D eigenvalue weighted by Crippen LogP contribution is -2.33. The van der Waals surface area contributed by atoms with Gasteiger partial charge in [-0.3, -0.25) is 18.9 Å². The SMILES string of the molecule is COC1OC(n2cc(C)c(=O)[nH]c2=O)CC1F.COC1OC(n2ccc(N)nc2=O)CC1F. The summed E-state index contributed by atoms with van der Waals surface area (Å²) < 4.78 is 49.1. The number of aromatic amines is 1. The molecule has 14 heteroatoms. The van der Waals surface area contributed by atoms with E-state index in [4.69, 9.17) is 24.7 Å². The highest BCUT2D eigenvalue weighted by Crippen LogP contribution is 2.30. The lowest BCUT2D eigenvalue weighted by atomic mass is 10.3. The number of hydrogen-bond acceptors (Lipinski definition) is 9. The molecule has 2 fully saturated rings. The van der Waals surface area contributed by atoms with E-state index in [-0.39, 0.29) is 18.7 Å². The Hall–Kier alpha value is -2.94. The molecule has 12 nitrogen and oxygen atoms in total. The van der Waals surface area contributed by atoms with Gasteiger partial charge in [0, 0.05) is 45.0 Å². The Bertz CT molecular complexity index is 1140. The summed E-state index contributed by atoms with van der Waals surface area (Å²) in [5.74, 6) is 0.124. The molecule has 33 heavy (non-hydrogen) atoms. The van der Waals surface area contributed by atoms with E-state index in [2.05, 4.69) is 9.97 Å². The van der Waals surface area contributed by atoms with Crippen molar-refractivity contribution in [1.29, 1.82) is 0 Å². The fourth-order valence-electron chi connectivity index (χ4n) is 3.41. The zero-order chi connectivity index (χ0) is 24.3. The molecular formula is C19H25F2N5O7. The molecule has 6 atom stereocenters. The molecule has 2 aliphatic rings. The maximum Gasteiger partial charge on any atom is 0.351 e. The van der Waals surface area contributed by atoms with E-state index in [0.29, 0.717) is 5.56 Å². The van der Waals surface area contributed by atoms with Crippen LogP contribution in [0.2, 0.25) is 0 Å². The molecule has 2 aromatic heterocycles. The number of hydrogen-bond donors (Lipinski definition) is 2. The number of nitrogens with two attached hydrogens (primary N) is 1. The van der Waals surface area contributed by atoms with Crippen LogP contribution in [-0.2, 0) is 18.9 Å². The Kier molecular flexibility index (Phi) is 7.73. The van der Waals surface area contributed by atoms with Crippen LogP contribution in [0, 0.1) is 6.92 Å². The number of aryl methyl sites for hydroxylation is 1. The maximum atomic E-state index is 13.4. The summed E-state index contributed by atoms with van der Waals surface area (Å²) in [5.41, 5.74) is 4.08. The van der Waals surface area contributed by atoms with Crippen LogP contribution in [0.25, 0.3) is 0 Å². The van der Waals surface area contributed by atoms with E-state index in [1.807, 2.05) is 0 Å². The van der Waals surface area contributed by atoms with Crippen molar-refractivity contribution in [3.05, 3.63) is 55.3 Å². The zero-order valence-electron chi connectivity index (χ0n) is 18.1. The number of aromatic nitrogens is 4. The number of halogens is 2. The van der Waals surface area contributed by atoms with E-state index in [0.717, 1.165) is 0 Å². The van der Waals surface area contributed by atoms with Crippen LogP contribution in [-0.4, -0.2) is 58.2 Å². The third kappa shape index (κ3) is 5.52. The summed E-state index contributed by atoms with van der Waals surface area (Å²) in [6.45, 7) is 1.56. The highest BCUT2D eigenvalue weighted by molar-refractivity contribution is 5.23. The Morgan fingerprint density at radius 2 is 1.61 bits per heavy atom. The molecule has 4 rings (SSSR count). The van der Waals surface area contributed by atoms with Gasteiger partial charge in [0.05, 0.1) is 0 Å². The predicted octanol–water partition coefficient (Wildman–Crippen LogP) is 0.130. The summed E-state index contributed by atoms with van der Waals surface area (Å²) >= 11 is 0. The van der Waals surface area contributed by atoms with E-state index in [1.54, 1.807) is 6.92 Å². The topological polar surface area (TPSA) is 153 Å². The maximum absolute atomic E-state index is 13.4. The molecule has 0 aliphatic carbocycles. The molecule has 0 amide bonds. The van der Waals surface area contributed by atoms with Gasteiger partial charge in [-0.05, 0) is 13.0 Å². The molecule has 2 aromatic rings. The first-order valence-electron chi connectivity index (χ1n) is 9.96. The van der Waals surface area contributed by atoms with Gasteiger partial charge in [0.2, 0.25) is 0 Å². The smallest absolute Gasteiger partial charge is 0.351 e. The fourth-order valence-corrected chi connectivity index (χ4v) is 3.41. The molecule has 2 saturated heterocycles. The fraction of sp³-hybridized carbons (Fsp3) is 0.579. The van der Waals surface area contributed by atoms with Crippen LogP contribution in [0.15, 0.2) is 32.8 Å². The van der Waals surface area contributed by atoms with Gasteiger partial charge in [-0.1, -0.05) is 0 Å². The van der Waals surface area contributed by atoms with Crippen molar-refractivity contribution < 1.29 is 27.7 Å². The van der Waals surface area contributed by atoms with Crippen LogP contribution in [0.1, 0.15) is 30.9 Å². The standard InChI is InChI=1S/C10H13FN2O4.C9H12FN3O3/c1-5-4-13(10(15)12-8(5)14)7-3-6(11)9(16-2)17-7;1-15-8-5(10)4-7(16-8)13-3-2-6(11)12-9(13)14/h4,6-7,9H,3H2,1-2H3,(H,12,14,15);2-3,5,7-8H,4H2,1H3,(H2,11,12,14). The van der Waals surface area contributed by atoms with Gasteiger partial charge in [0.1, 0.15) is 18.3 Å². The molecule has 4 heterocycles. The van der Waals surface area contributed by atoms with Crippen molar-refractivity contribution in [3.8, 4) is 0 Å². The molecule has 182 valence electrons. The van der Waals surface area contributed by atoms with Gasteiger partial charge < -0.3 is 24.7 Å². The Morgan fingerprint density at radius 3 is 2.09 bits per heavy atom. The number of methoxy groups -OCH3 is 2. The summed E-state index contributed by atoms with van der Waals surface area (Å²) in [6.07, 6.45) is -3.03. The third-order valence-electron chi connectivity index (χ3n) is 5.11.